The lowest BCUT2D eigenvalue weighted by molar-refractivity contribution is -0.137. The molecule has 0 aliphatic rings. The van der Waals surface area contributed by atoms with Gasteiger partial charge in [0.2, 0.25) is 0 Å². The van der Waals surface area contributed by atoms with E-state index in [0.29, 0.717) is 5.52 Å². The predicted octanol–water partition coefficient (Wildman–Crippen LogP) is 3.04. The SMILES string of the molecule is COC(=O)c1ccnc2ccc(C(F)(F)F)cc12. The molecule has 0 spiro atoms. The molecule has 1 aromatic heterocycles. The van der Waals surface area contributed by atoms with E-state index < -0.39 is 17.7 Å². The number of fused-ring (bicyclic) bond motifs is 1. The van der Waals surface area contributed by atoms with Gasteiger partial charge in [-0.25, -0.2) is 4.79 Å². The van der Waals surface area contributed by atoms with Crippen LogP contribution in [0.3, 0.4) is 0 Å². The van der Waals surface area contributed by atoms with Crippen molar-refractivity contribution in [2.75, 3.05) is 7.11 Å². The van der Waals surface area contributed by atoms with Crippen molar-refractivity contribution in [3.05, 3.63) is 41.6 Å². The van der Waals surface area contributed by atoms with Crippen LogP contribution in [0.4, 0.5) is 13.2 Å². The summed E-state index contributed by atoms with van der Waals surface area (Å²) in [5.74, 6) is -0.693. The molecule has 0 aliphatic heterocycles. The zero-order valence-electron chi connectivity index (χ0n) is 9.28. The molecular weight excluding hydrogens is 247 g/mol. The van der Waals surface area contributed by atoms with Crippen LogP contribution in [0.2, 0.25) is 0 Å². The Morgan fingerprint density at radius 1 is 1.28 bits per heavy atom. The maximum absolute atomic E-state index is 12.6. The van der Waals surface area contributed by atoms with Gasteiger partial charge in [0.1, 0.15) is 0 Å². The van der Waals surface area contributed by atoms with Gasteiger partial charge < -0.3 is 4.74 Å². The van der Waals surface area contributed by atoms with Gasteiger partial charge in [0.25, 0.3) is 0 Å². The number of hydrogen-bond donors (Lipinski definition) is 0. The molecule has 0 saturated carbocycles. The summed E-state index contributed by atoms with van der Waals surface area (Å²) < 4.78 is 42.3. The van der Waals surface area contributed by atoms with Crippen LogP contribution < -0.4 is 0 Å². The van der Waals surface area contributed by atoms with Crippen molar-refractivity contribution >= 4 is 16.9 Å². The van der Waals surface area contributed by atoms with E-state index in [1.54, 1.807) is 0 Å². The summed E-state index contributed by atoms with van der Waals surface area (Å²) in [6.07, 6.45) is -3.11. The number of alkyl halides is 3. The van der Waals surface area contributed by atoms with Crippen LogP contribution in [0.25, 0.3) is 10.9 Å². The van der Waals surface area contributed by atoms with Crippen LogP contribution in [0.5, 0.6) is 0 Å². The Hall–Kier alpha value is -2.11. The molecule has 0 N–H and O–H groups in total. The second-order valence-corrected chi connectivity index (χ2v) is 3.58. The molecule has 0 aliphatic carbocycles. The first-order valence-electron chi connectivity index (χ1n) is 4.98. The van der Waals surface area contributed by atoms with Gasteiger partial charge in [0.05, 0.1) is 23.8 Å². The molecule has 1 heterocycles. The summed E-state index contributed by atoms with van der Waals surface area (Å²) in [4.78, 5) is 15.4. The van der Waals surface area contributed by atoms with Gasteiger partial charge in [-0.2, -0.15) is 13.2 Å². The van der Waals surface area contributed by atoms with Gasteiger partial charge >= 0.3 is 12.1 Å². The molecule has 1 aromatic carbocycles. The minimum absolute atomic E-state index is 0.0635. The monoisotopic (exact) mass is 255 g/mol. The van der Waals surface area contributed by atoms with E-state index in [0.717, 1.165) is 12.1 Å². The zero-order chi connectivity index (χ0) is 13.3. The predicted molar refractivity (Wildman–Crippen MR) is 58.1 cm³/mol. The standard InChI is InChI=1S/C12H8F3NO2/c1-18-11(17)8-4-5-16-10-3-2-7(6-9(8)10)12(13,14)15/h2-6H,1H3. The van der Waals surface area contributed by atoms with Gasteiger partial charge in [-0.1, -0.05) is 0 Å². The molecule has 2 aromatic rings. The number of nitrogens with zero attached hydrogens (tertiary/aromatic N) is 1. The first kappa shape index (κ1) is 12.3. The van der Waals surface area contributed by atoms with Crippen molar-refractivity contribution in [2.45, 2.75) is 6.18 Å². The zero-order valence-corrected chi connectivity index (χ0v) is 9.28. The number of esters is 1. The molecule has 0 atom stereocenters. The third-order valence-corrected chi connectivity index (χ3v) is 2.47. The van der Waals surface area contributed by atoms with E-state index in [9.17, 15) is 18.0 Å². The summed E-state index contributed by atoms with van der Waals surface area (Å²) in [6, 6.07) is 4.38. The van der Waals surface area contributed by atoms with Crippen LogP contribution >= 0.6 is 0 Å². The molecule has 18 heavy (non-hydrogen) atoms. The van der Waals surface area contributed by atoms with E-state index in [1.165, 1.54) is 25.4 Å². The summed E-state index contributed by atoms with van der Waals surface area (Å²) in [6.45, 7) is 0. The highest BCUT2D eigenvalue weighted by Gasteiger charge is 2.31. The van der Waals surface area contributed by atoms with Crippen LogP contribution in [0, 0.1) is 0 Å². The topological polar surface area (TPSA) is 39.2 Å². The van der Waals surface area contributed by atoms with E-state index in [1.807, 2.05) is 0 Å². The Morgan fingerprint density at radius 3 is 2.61 bits per heavy atom. The fourth-order valence-corrected chi connectivity index (χ4v) is 1.61. The molecule has 0 radical (unpaired) electrons. The lowest BCUT2D eigenvalue weighted by Crippen LogP contribution is -2.07. The van der Waals surface area contributed by atoms with E-state index in [-0.39, 0.29) is 10.9 Å². The molecule has 0 unspecified atom stereocenters. The fraction of sp³-hybridized carbons (Fsp3) is 0.167. The number of ether oxygens (including phenoxy) is 1. The quantitative estimate of drug-likeness (QED) is 0.735. The maximum Gasteiger partial charge on any atom is 0.416 e. The Balaban J connectivity index is 2.70. The number of benzene rings is 1. The van der Waals surface area contributed by atoms with Gasteiger partial charge in [0.15, 0.2) is 0 Å². The van der Waals surface area contributed by atoms with Gasteiger partial charge in [-0.15, -0.1) is 0 Å². The van der Waals surface area contributed by atoms with Crippen LogP contribution in [0.1, 0.15) is 15.9 Å². The average Bonchev–Trinajstić information content (AvgIpc) is 2.35. The van der Waals surface area contributed by atoms with Gasteiger partial charge in [-0.05, 0) is 24.3 Å². The second kappa shape index (κ2) is 4.29. The molecule has 2 rings (SSSR count). The molecule has 0 fully saturated rings. The lowest BCUT2D eigenvalue weighted by Gasteiger charge is -2.09. The number of halogens is 3. The van der Waals surface area contributed by atoms with Crippen molar-refractivity contribution in [1.29, 1.82) is 0 Å². The Morgan fingerprint density at radius 2 is 2.00 bits per heavy atom. The highest BCUT2D eigenvalue weighted by molar-refractivity contribution is 6.03. The third-order valence-electron chi connectivity index (χ3n) is 2.47. The van der Waals surface area contributed by atoms with Crippen LogP contribution in [0.15, 0.2) is 30.5 Å². The molecule has 94 valence electrons. The van der Waals surface area contributed by atoms with Crippen molar-refractivity contribution in [3.8, 4) is 0 Å². The Kier molecular flexibility index (Phi) is 2.94. The lowest BCUT2D eigenvalue weighted by atomic mass is 10.1. The Bertz CT molecular complexity index is 608. The normalized spacial score (nSPS) is 11.6. The van der Waals surface area contributed by atoms with E-state index in [4.69, 9.17) is 0 Å². The molecule has 6 heteroatoms. The Labute approximate surface area is 100 Å². The maximum atomic E-state index is 12.6. The number of carbonyl (C=O) groups is 1. The van der Waals surface area contributed by atoms with E-state index in [2.05, 4.69) is 9.72 Å². The summed E-state index contributed by atoms with van der Waals surface area (Å²) in [5, 5.41) is 0.124. The highest BCUT2D eigenvalue weighted by atomic mass is 19.4. The largest absolute Gasteiger partial charge is 0.465 e. The third kappa shape index (κ3) is 2.13. The van der Waals surface area contributed by atoms with E-state index >= 15 is 0 Å². The first-order chi connectivity index (χ1) is 8.43. The van der Waals surface area contributed by atoms with Gasteiger partial charge in [-0.3, -0.25) is 4.98 Å². The van der Waals surface area contributed by atoms with Crippen molar-refractivity contribution in [1.82, 2.24) is 4.98 Å². The molecule has 0 bridgehead atoms. The number of aromatic nitrogens is 1. The first-order valence-corrected chi connectivity index (χ1v) is 4.98. The number of pyridine rings is 1. The minimum Gasteiger partial charge on any atom is -0.465 e. The van der Waals surface area contributed by atoms with Gasteiger partial charge in [0, 0.05) is 11.6 Å². The van der Waals surface area contributed by atoms with Crippen molar-refractivity contribution in [2.24, 2.45) is 0 Å². The smallest absolute Gasteiger partial charge is 0.416 e. The molecular formula is C12H8F3NO2. The molecule has 0 saturated heterocycles. The number of rotatable bonds is 1. The molecule has 3 nitrogen and oxygen atoms in total. The number of carbonyl (C=O) groups excluding carboxylic acids is 1. The van der Waals surface area contributed by atoms with Crippen LogP contribution in [-0.2, 0) is 10.9 Å². The van der Waals surface area contributed by atoms with Crippen LogP contribution in [-0.4, -0.2) is 18.1 Å². The highest BCUT2D eigenvalue weighted by Crippen LogP contribution is 2.31. The number of methoxy groups -OCH3 is 1. The minimum atomic E-state index is -4.46. The van der Waals surface area contributed by atoms with Crippen molar-refractivity contribution in [3.63, 3.8) is 0 Å². The summed E-state index contributed by atoms with van der Waals surface area (Å²) in [5.41, 5.74) is -0.451. The summed E-state index contributed by atoms with van der Waals surface area (Å²) in [7, 11) is 1.17. The fourth-order valence-electron chi connectivity index (χ4n) is 1.61. The van der Waals surface area contributed by atoms with Crippen molar-refractivity contribution < 1.29 is 22.7 Å². The molecule has 0 amide bonds. The number of hydrogen-bond acceptors (Lipinski definition) is 3. The second-order valence-electron chi connectivity index (χ2n) is 3.58. The summed E-state index contributed by atoms with van der Waals surface area (Å²) >= 11 is 0. The average molecular weight is 255 g/mol.